The van der Waals surface area contributed by atoms with Crippen LogP contribution in [0.25, 0.3) is 44.9 Å². The Kier molecular flexibility index (Phi) is 8.01. The number of unbranched alkanes of at least 4 members (excludes halogenated alkanes) is 2. The highest BCUT2D eigenvalue weighted by atomic mass is 16.3. The minimum Gasteiger partial charge on any atom is -0.455 e. The number of aryl methyl sites for hydroxylation is 2. The molecule has 0 unspecified atom stereocenters. The number of furan rings is 1. The van der Waals surface area contributed by atoms with E-state index in [0.717, 1.165) is 46.6 Å². The highest BCUT2D eigenvalue weighted by molar-refractivity contribution is 5.99. The predicted molar refractivity (Wildman–Crippen MR) is 158 cm³/mol. The molecule has 0 spiro atoms. The van der Waals surface area contributed by atoms with E-state index in [1.165, 1.54) is 47.9 Å². The average molecular weight is 485 g/mol. The third-order valence-electron chi connectivity index (χ3n) is 7.10. The van der Waals surface area contributed by atoms with E-state index in [1.807, 2.05) is 0 Å². The van der Waals surface area contributed by atoms with Crippen LogP contribution in [0, 0.1) is 0 Å². The predicted octanol–water partition coefficient (Wildman–Crippen LogP) is 10.6. The Balaban J connectivity index is 1.71. The molecule has 4 aromatic carbocycles. The van der Waals surface area contributed by atoms with Crippen LogP contribution in [-0.4, -0.2) is 0 Å². The summed E-state index contributed by atoms with van der Waals surface area (Å²) in [7, 11) is 0. The van der Waals surface area contributed by atoms with Gasteiger partial charge in [0.15, 0.2) is 0 Å². The first-order chi connectivity index (χ1) is 18.3. The molecule has 0 saturated carbocycles. The highest BCUT2D eigenvalue weighted by Crippen LogP contribution is 2.48. The summed E-state index contributed by atoms with van der Waals surface area (Å²) < 4.78 is 6.84. The molecule has 0 radical (unpaired) electrons. The number of hydrogen-bond acceptors (Lipinski definition) is 1. The van der Waals surface area contributed by atoms with Gasteiger partial charge in [-0.25, -0.2) is 0 Å². The number of benzene rings is 4. The molecule has 0 aliphatic heterocycles. The van der Waals surface area contributed by atoms with Gasteiger partial charge in [-0.1, -0.05) is 136 Å². The second-order valence-electron chi connectivity index (χ2n) is 9.84. The quantitative estimate of drug-likeness (QED) is 0.192. The Morgan fingerprint density at radius 2 is 0.811 bits per heavy atom. The van der Waals surface area contributed by atoms with E-state index in [2.05, 4.69) is 123 Å². The molecule has 0 atom stereocenters. The Hall–Kier alpha value is -3.84. The summed E-state index contributed by atoms with van der Waals surface area (Å²) in [6.07, 6.45) is 7.08. The minimum absolute atomic E-state index is 0.918. The van der Waals surface area contributed by atoms with Crippen LogP contribution in [-0.2, 0) is 12.8 Å². The summed E-state index contributed by atoms with van der Waals surface area (Å²) >= 11 is 0. The van der Waals surface area contributed by atoms with Gasteiger partial charge in [0.1, 0.15) is 11.5 Å². The van der Waals surface area contributed by atoms with Gasteiger partial charge in [0.25, 0.3) is 0 Å². The fourth-order valence-corrected chi connectivity index (χ4v) is 5.01. The summed E-state index contributed by atoms with van der Waals surface area (Å²) in [5, 5.41) is 0. The topological polar surface area (TPSA) is 13.1 Å². The summed E-state index contributed by atoms with van der Waals surface area (Å²) in [4.78, 5) is 0. The molecular formula is C36H36O. The van der Waals surface area contributed by atoms with Crippen molar-refractivity contribution in [2.45, 2.75) is 52.4 Å². The summed E-state index contributed by atoms with van der Waals surface area (Å²) in [6.45, 7) is 4.49. The van der Waals surface area contributed by atoms with Gasteiger partial charge in [-0.15, -0.1) is 0 Å². The third kappa shape index (κ3) is 5.62. The van der Waals surface area contributed by atoms with Gasteiger partial charge in [-0.3, -0.25) is 0 Å². The molecule has 0 N–H and O–H groups in total. The molecule has 186 valence electrons. The molecular weight excluding hydrogens is 448 g/mol. The summed E-state index contributed by atoms with van der Waals surface area (Å²) in [5.41, 5.74) is 9.64. The Bertz CT molecular complexity index is 1390. The van der Waals surface area contributed by atoms with Gasteiger partial charge < -0.3 is 4.42 Å². The smallest absolute Gasteiger partial charge is 0.143 e. The van der Waals surface area contributed by atoms with Gasteiger partial charge in [-0.05, 0) is 47.9 Å². The summed E-state index contributed by atoms with van der Waals surface area (Å²) in [5.74, 6) is 1.85. The van der Waals surface area contributed by atoms with E-state index in [-0.39, 0.29) is 0 Å². The van der Waals surface area contributed by atoms with E-state index in [4.69, 9.17) is 4.42 Å². The Morgan fingerprint density at radius 3 is 1.27 bits per heavy atom. The zero-order valence-corrected chi connectivity index (χ0v) is 22.0. The van der Waals surface area contributed by atoms with Crippen molar-refractivity contribution in [1.29, 1.82) is 0 Å². The zero-order valence-electron chi connectivity index (χ0n) is 22.0. The first kappa shape index (κ1) is 24.8. The van der Waals surface area contributed by atoms with Crippen LogP contribution in [0.3, 0.4) is 0 Å². The van der Waals surface area contributed by atoms with Gasteiger partial charge in [-0.2, -0.15) is 0 Å². The maximum absolute atomic E-state index is 6.84. The van der Waals surface area contributed by atoms with Crippen LogP contribution in [0.4, 0.5) is 0 Å². The van der Waals surface area contributed by atoms with Crippen molar-refractivity contribution in [2.24, 2.45) is 0 Å². The average Bonchev–Trinajstić information content (AvgIpc) is 3.37. The lowest BCUT2D eigenvalue weighted by Crippen LogP contribution is -1.89. The lowest BCUT2D eigenvalue weighted by atomic mass is 9.90. The molecule has 1 aromatic heterocycles. The molecule has 5 rings (SSSR count). The van der Waals surface area contributed by atoms with E-state index < -0.39 is 0 Å². The van der Waals surface area contributed by atoms with Crippen molar-refractivity contribution in [3.63, 3.8) is 0 Å². The van der Waals surface area contributed by atoms with Crippen LogP contribution in [0.1, 0.15) is 50.7 Å². The number of hydrogen-bond donors (Lipinski definition) is 0. The van der Waals surface area contributed by atoms with Gasteiger partial charge in [0.2, 0.25) is 0 Å². The molecule has 1 heteroatoms. The van der Waals surface area contributed by atoms with Crippen molar-refractivity contribution < 1.29 is 4.42 Å². The molecule has 0 fully saturated rings. The van der Waals surface area contributed by atoms with Crippen LogP contribution >= 0.6 is 0 Å². The Morgan fingerprint density at radius 1 is 0.432 bits per heavy atom. The second kappa shape index (κ2) is 11.9. The number of rotatable bonds is 10. The van der Waals surface area contributed by atoms with E-state index >= 15 is 0 Å². The van der Waals surface area contributed by atoms with Crippen LogP contribution < -0.4 is 0 Å². The zero-order chi connectivity index (χ0) is 25.5. The SMILES string of the molecule is CCCCc1ccc(-c2oc(-c3ccccc3)c(-c3ccccc3)c2-c2ccc(CCCC)cc2)cc1. The summed E-state index contributed by atoms with van der Waals surface area (Å²) in [6, 6.07) is 39.3. The maximum atomic E-state index is 6.84. The molecule has 37 heavy (non-hydrogen) atoms. The van der Waals surface area contributed by atoms with Crippen LogP contribution in [0.5, 0.6) is 0 Å². The first-order valence-corrected chi connectivity index (χ1v) is 13.7. The molecule has 0 amide bonds. The van der Waals surface area contributed by atoms with E-state index in [1.54, 1.807) is 0 Å². The van der Waals surface area contributed by atoms with Crippen molar-refractivity contribution in [3.8, 4) is 44.9 Å². The van der Waals surface area contributed by atoms with Crippen molar-refractivity contribution in [1.82, 2.24) is 0 Å². The highest BCUT2D eigenvalue weighted by Gasteiger charge is 2.25. The normalized spacial score (nSPS) is 11.1. The van der Waals surface area contributed by atoms with E-state index in [9.17, 15) is 0 Å². The van der Waals surface area contributed by atoms with Gasteiger partial charge >= 0.3 is 0 Å². The molecule has 0 bridgehead atoms. The molecule has 0 aliphatic rings. The van der Waals surface area contributed by atoms with Crippen LogP contribution in [0.15, 0.2) is 114 Å². The van der Waals surface area contributed by atoms with E-state index in [0.29, 0.717) is 0 Å². The fraction of sp³-hybridized carbons (Fsp3) is 0.222. The molecule has 0 aliphatic carbocycles. The monoisotopic (exact) mass is 484 g/mol. The molecule has 5 aromatic rings. The Labute approximate surface area is 221 Å². The fourth-order valence-electron chi connectivity index (χ4n) is 5.01. The second-order valence-corrected chi connectivity index (χ2v) is 9.84. The lowest BCUT2D eigenvalue weighted by molar-refractivity contribution is 0.599. The third-order valence-corrected chi connectivity index (χ3v) is 7.10. The molecule has 1 heterocycles. The molecule has 1 nitrogen and oxygen atoms in total. The lowest BCUT2D eigenvalue weighted by Gasteiger charge is -2.10. The largest absolute Gasteiger partial charge is 0.455 e. The van der Waals surface area contributed by atoms with Crippen LogP contribution in [0.2, 0.25) is 0 Å². The van der Waals surface area contributed by atoms with Crippen molar-refractivity contribution in [3.05, 3.63) is 120 Å². The minimum atomic E-state index is 0.918. The van der Waals surface area contributed by atoms with Gasteiger partial charge in [0.05, 0.1) is 0 Å². The standard InChI is InChI=1S/C36H36O/c1-3-5-13-27-19-23-30(24-20-27)34-33(29-15-9-7-10-16-29)35(31-17-11-8-12-18-31)37-36(34)32-25-21-28(22-26-32)14-6-4-2/h7-12,15-26H,3-6,13-14H2,1-2H3. The van der Waals surface area contributed by atoms with Crippen molar-refractivity contribution in [2.75, 3.05) is 0 Å². The maximum Gasteiger partial charge on any atom is 0.143 e. The van der Waals surface area contributed by atoms with Crippen molar-refractivity contribution >= 4 is 0 Å². The molecule has 0 saturated heterocycles. The van der Waals surface area contributed by atoms with Gasteiger partial charge in [0, 0.05) is 22.3 Å². The first-order valence-electron chi connectivity index (χ1n) is 13.7.